The third-order valence-electron chi connectivity index (χ3n) is 13.8. The molecule has 0 radical (unpaired) electrons. The zero-order valence-electron chi connectivity index (χ0n) is 49.5. The van der Waals surface area contributed by atoms with E-state index in [1.54, 1.807) is 0 Å². The molecule has 0 heterocycles. The summed E-state index contributed by atoms with van der Waals surface area (Å²) in [4.78, 5) is 35.2. The number of hydrogen-bond donors (Lipinski definition) is 2. The molecule has 0 aromatic carbocycles. The van der Waals surface area contributed by atoms with Crippen LogP contribution in [0.5, 0.6) is 0 Å². The fourth-order valence-electron chi connectivity index (χ4n) is 9.13. The quantitative estimate of drug-likeness (QED) is 0.0264. The molecule has 3 N–H and O–H groups in total. The maximum absolute atomic E-state index is 12.7. The predicted molar refractivity (Wildman–Crippen MR) is 326 cm³/mol. The van der Waals surface area contributed by atoms with Crippen LogP contribution in [0, 0.1) is 0 Å². The average Bonchev–Trinajstić information content (AvgIpc) is 3.41. The molecule has 0 aliphatic rings. The number of unbranched alkanes of at least 4 members (excludes halogenated alkanes) is 35. The van der Waals surface area contributed by atoms with E-state index in [0.29, 0.717) is 6.42 Å². The first-order chi connectivity index (χ1) is 37.3. The van der Waals surface area contributed by atoms with Crippen LogP contribution in [0.3, 0.4) is 0 Å². The summed E-state index contributed by atoms with van der Waals surface area (Å²) in [7, 11) is -4.39. The SMILES string of the molecule is CC/C=C\C/C=C\C/C=C\C/C=C\C/C=C\CCCCCCCCCCCCCCCCCCCCCCCC(=O)OC(COC(=O)CCCCCCCCC/C=C\CCCCCCCCC)COP(=O)(O)OCCN. The Bertz CT molecular complexity index is 1470. The van der Waals surface area contributed by atoms with Gasteiger partial charge in [-0.1, -0.05) is 279 Å². The number of carbonyl (C=O) groups is 2. The van der Waals surface area contributed by atoms with Crippen molar-refractivity contribution in [3.05, 3.63) is 72.9 Å². The number of hydrogen-bond acceptors (Lipinski definition) is 8. The van der Waals surface area contributed by atoms with Crippen LogP contribution >= 0.6 is 7.82 Å². The van der Waals surface area contributed by atoms with Crippen LogP contribution in [0.15, 0.2) is 72.9 Å². The summed E-state index contributed by atoms with van der Waals surface area (Å²) in [5.41, 5.74) is 5.39. The minimum atomic E-state index is -4.39. The molecule has 0 aromatic rings. The maximum Gasteiger partial charge on any atom is 0.472 e. The average molecular weight is 1090 g/mol. The van der Waals surface area contributed by atoms with E-state index >= 15 is 0 Å². The number of ether oxygens (including phenoxy) is 2. The van der Waals surface area contributed by atoms with Crippen molar-refractivity contribution in [2.45, 2.75) is 309 Å². The highest BCUT2D eigenvalue weighted by Gasteiger charge is 2.26. The number of carbonyl (C=O) groups excluding carboxylic acids is 2. The summed E-state index contributed by atoms with van der Waals surface area (Å²) >= 11 is 0. The smallest absolute Gasteiger partial charge is 0.462 e. The molecule has 76 heavy (non-hydrogen) atoms. The van der Waals surface area contributed by atoms with Crippen LogP contribution in [-0.2, 0) is 32.7 Å². The van der Waals surface area contributed by atoms with E-state index in [1.807, 2.05) is 0 Å². The first kappa shape index (κ1) is 73.5. The van der Waals surface area contributed by atoms with Gasteiger partial charge in [0, 0.05) is 19.4 Å². The Morgan fingerprint density at radius 3 is 1.09 bits per heavy atom. The summed E-state index contributed by atoms with van der Waals surface area (Å²) in [5.74, 6) is -0.820. The minimum absolute atomic E-state index is 0.0530. The molecule has 0 aliphatic heterocycles. The van der Waals surface area contributed by atoms with Gasteiger partial charge < -0.3 is 20.1 Å². The molecular weight excluding hydrogens is 966 g/mol. The lowest BCUT2D eigenvalue weighted by Gasteiger charge is -2.19. The Balaban J connectivity index is 3.83. The van der Waals surface area contributed by atoms with Gasteiger partial charge in [-0.25, -0.2) is 4.57 Å². The monoisotopic (exact) mass is 1090 g/mol. The number of phosphoric ester groups is 1. The summed E-state index contributed by atoms with van der Waals surface area (Å²) in [5, 5.41) is 0. The molecule has 0 saturated carbocycles. The number of phosphoric acid groups is 1. The van der Waals surface area contributed by atoms with Crippen LogP contribution < -0.4 is 5.73 Å². The molecule has 0 aromatic heterocycles. The van der Waals surface area contributed by atoms with E-state index in [2.05, 4.69) is 86.8 Å². The van der Waals surface area contributed by atoms with Gasteiger partial charge in [-0.05, 0) is 83.5 Å². The van der Waals surface area contributed by atoms with E-state index in [9.17, 15) is 19.0 Å². The van der Waals surface area contributed by atoms with E-state index in [-0.39, 0.29) is 38.6 Å². The highest BCUT2D eigenvalue weighted by molar-refractivity contribution is 7.47. The third kappa shape index (κ3) is 60.7. The molecule has 442 valence electrons. The van der Waals surface area contributed by atoms with E-state index in [0.717, 1.165) is 77.0 Å². The topological polar surface area (TPSA) is 134 Å². The van der Waals surface area contributed by atoms with Crippen molar-refractivity contribution in [2.24, 2.45) is 5.73 Å². The number of esters is 2. The van der Waals surface area contributed by atoms with Gasteiger partial charge in [0.1, 0.15) is 6.61 Å². The second-order valence-electron chi connectivity index (χ2n) is 21.2. The van der Waals surface area contributed by atoms with Gasteiger partial charge in [0.2, 0.25) is 0 Å². The van der Waals surface area contributed by atoms with Gasteiger partial charge in [-0.3, -0.25) is 18.6 Å². The van der Waals surface area contributed by atoms with E-state index < -0.39 is 26.5 Å². The first-order valence-corrected chi connectivity index (χ1v) is 33.4. The normalized spacial score (nSPS) is 13.5. The molecular formula is C66H120NO8P. The molecule has 2 atom stereocenters. The van der Waals surface area contributed by atoms with Gasteiger partial charge in [-0.15, -0.1) is 0 Å². The third-order valence-corrected chi connectivity index (χ3v) is 14.8. The Kier molecular flexibility index (Phi) is 59.6. The van der Waals surface area contributed by atoms with Gasteiger partial charge in [-0.2, -0.15) is 0 Å². The summed E-state index contributed by atoms with van der Waals surface area (Å²) in [6, 6.07) is 0. The molecule has 0 fully saturated rings. The molecule has 2 unspecified atom stereocenters. The number of nitrogens with two attached hydrogens (primary N) is 1. The van der Waals surface area contributed by atoms with Gasteiger partial charge >= 0.3 is 19.8 Å². The fourth-order valence-corrected chi connectivity index (χ4v) is 9.90. The Morgan fingerprint density at radius 2 is 0.724 bits per heavy atom. The molecule has 9 nitrogen and oxygen atoms in total. The Hall–Kier alpha value is -2.55. The van der Waals surface area contributed by atoms with E-state index in [1.165, 1.54) is 193 Å². The molecule has 10 heteroatoms. The number of rotatable bonds is 60. The van der Waals surface area contributed by atoms with Crippen molar-refractivity contribution >= 4 is 19.8 Å². The van der Waals surface area contributed by atoms with Crippen molar-refractivity contribution in [3.63, 3.8) is 0 Å². The minimum Gasteiger partial charge on any atom is -0.462 e. The zero-order valence-corrected chi connectivity index (χ0v) is 50.4. The van der Waals surface area contributed by atoms with Gasteiger partial charge in [0.15, 0.2) is 6.10 Å². The van der Waals surface area contributed by atoms with Crippen LogP contribution in [0.25, 0.3) is 0 Å². The zero-order chi connectivity index (χ0) is 55.2. The van der Waals surface area contributed by atoms with Crippen molar-refractivity contribution in [1.29, 1.82) is 0 Å². The highest BCUT2D eigenvalue weighted by Crippen LogP contribution is 2.43. The van der Waals surface area contributed by atoms with Gasteiger partial charge in [0.05, 0.1) is 13.2 Å². The second kappa shape index (κ2) is 61.7. The van der Waals surface area contributed by atoms with Crippen LogP contribution in [0.4, 0.5) is 0 Å². The van der Waals surface area contributed by atoms with Gasteiger partial charge in [0.25, 0.3) is 0 Å². The lowest BCUT2D eigenvalue weighted by atomic mass is 10.0. The first-order valence-electron chi connectivity index (χ1n) is 31.9. The van der Waals surface area contributed by atoms with Crippen molar-refractivity contribution in [2.75, 3.05) is 26.4 Å². The van der Waals surface area contributed by atoms with Crippen molar-refractivity contribution in [3.8, 4) is 0 Å². The van der Waals surface area contributed by atoms with E-state index in [4.69, 9.17) is 24.3 Å². The lowest BCUT2D eigenvalue weighted by Crippen LogP contribution is -2.29. The highest BCUT2D eigenvalue weighted by atomic mass is 31.2. The number of allylic oxidation sites excluding steroid dienone is 12. The van der Waals surface area contributed by atoms with Crippen LogP contribution in [0.1, 0.15) is 303 Å². The predicted octanol–water partition coefficient (Wildman–Crippen LogP) is 20.5. The lowest BCUT2D eigenvalue weighted by molar-refractivity contribution is -0.161. The molecule has 0 amide bonds. The molecule has 0 aliphatic carbocycles. The van der Waals surface area contributed by atoms with Crippen LogP contribution in [-0.4, -0.2) is 49.3 Å². The maximum atomic E-state index is 12.7. The Morgan fingerprint density at radius 1 is 0.408 bits per heavy atom. The molecule has 0 spiro atoms. The van der Waals surface area contributed by atoms with Crippen LogP contribution in [0.2, 0.25) is 0 Å². The summed E-state index contributed by atoms with van der Waals surface area (Å²) < 4.78 is 33.1. The molecule has 0 bridgehead atoms. The summed E-state index contributed by atoms with van der Waals surface area (Å²) in [6.45, 7) is 3.66. The van der Waals surface area contributed by atoms with Crippen molar-refractivity contribution < 1.29 is 37.6 Å². The molecule has 0 saturated heterocycles. The standard InChI is InChI=1S/C66H120NO8P/c1-3-5-7-9-11-13-15-17-19-21-23-24-25-26-27-28-29-30-31-32-33-34-35-36-37-38-39-40-41-43-45-47-49-51-53-55-57-59-66(69)75-64(63-74-76(70,71)73-61-60-67)62-72-65(68)58-56-54-52-50-48-46-44-42-22-20-18-16-14-12-10-8-6-4-2/h5,7,11,13,17,19-20,22-24,26-27,64H,3-4,6,8-10,12,14-16,18,21,25,28-63,67H2,1-2H3,(H,70,71)/b7-5-,13-11-,19-17-,22-20-,24-23-,27-26-. The second-order valence-corrected chi connectivity index (χ2v) is 22.7. The Labute approximate surface area is 469 Å². The van der Waals surface area contributed by atoms with Crippen molar-refractivity contribution in [1.82, 2.24) is 0 Å². The largest absolute Gasteiger partial charge is 0.472 e. The fraction of sp³-hybridized carbons (Fsp3) is 0.788. The summed E-state index contributed by atoms with van der Waals surface area (Å²) in [6.07, 6.45) is 79.8. The molecule has 0 rings (SSSR count).